The number of thiophene rings is 1. The van der Waals surface area contributed by atoms with E-state index < -0.39 is 0 Å². The molecule has 1 nitrogen and oxygen atoms in total. The Balaban J connectivity index is 2.33. The molecule has 0 unspecified atom stereocenters. The number of alkyl halides is 1. The Kier molecular flexibility index (Phi) is 5.14. The Morgan fingerprint density at radius 1 is 1.26 bits per heavy atom. The molecule has 2 aromatic rings. The summed E-state index contributed by atoms with van der Waals surface area (Å²) in [5.41, 5.74) is 2.25. The van der Waals surface area contributed by atoms with Crippen LogP contribution in [0.1, 0.15) is 24.3 Å². The van der Waals surface area contributed by atoms with Crippen molar-refractivity contribution in [3.8, 4) is 0 Å². The molecule has 0 saturated heterocycles. The van der Waals surface area contributed by atoms with Crippen LogP contribution in [0.25, 0.3) is 0 Å². The summed E-state index contributed by atoms with van der Waals surface area (Å²) in [6.45, 7) is 5.29. The van der Waals surface area contributed by atoms with Gasteiger partial charge in [0.25, 0.3) is 0 Å². The van der Waals surface area contributed by atoms with Crippen molar-refractivity contribution < 1.29 is 0 Å². The maximum Gasteiger partial charge on any atom is 0.0525 e. The van der Waals surface area contributed by atoms with Crippen molar-refractivity contribution in [2.75, 3.05) is 4.90 Å². The summed E-state index contributed by atoms with van der Waals surface area (Å²) in [5, 5.41) is 2.84. The van der Waals surface area contributed by atoms with Gasteiger partial charge < -0.3 is 4.90 Å². The largest absolute Gasteiger partial charge is 0.364 e. The number of halogens is 2. The van der Waals surface area contributed by atoms with Crippen molar-refractivity contribution in [3.05, 3.63) is 51.2 Å². The summed E-state index contributed by atoms with van der Waals surface area (Å²) in [7, 11) is 0. The minimum atomic E-state index is 0.408. The van der Waals surface area contributed by atoms with Gasteiger partial charge in [0.2, 0.25) is 0 Å². The molecule has 0 atom stereocenters. The van der Waals surface area contributed by atoms with E-state index in [0.29, 0.717) is 11.9 Å². The SMILES string of the molecule is CC(C)N(Cc1cccs1)c1ccc(Cl)cc1CCl. The molecule has 1 aromatic carbocycles. The average molecular weight is 314 g/mol. The molecule has 0 bridgehead atoms. The van der Waals surface area contributed by atoms with E-state index in [1.807, 2.05) is 12.1 Å². The number of hydrogen-bond acceptors (Lipinski definition) is 2. The smallest absolute Gasteiger partial charge is 0.0525 e. The van der Waals surface area contributed by atoms with Gasteiger partial charge in [0.15, 0.2) is 0 Å². The van der Waals surface area contributed by atoms with Gasteiger partial charge in [-0.25, -0.2) is 0 Å². The predicted octanol–water partition coefficient (Wildman–Crippen LogP) is 5.56. The highest BCUT2D eigenvalue weighted by atomic mass is 35.5. The normalized spacial score (nSPS) is 11.0. The zero-order valence-electron chi connectivity index (χ0n) is 11.1. The number of benzene rings is 1. The van der Waals surface area contributed by atoms with Crippen LogP contribution in [-0.2, 0) is 12.4 Å². The lowest BCUT2D eigenvalue weighted by atomic mass is 10.1. The summed E-state index contributed by atoms with van der Waals surface area (Å²) in [6, 6.07) is 10.6. The molecule has 0 aliphatic heterocycles. The van der Waals surface area contributed by atoms with E-state index in [2.05, 4.69) is 42.3 Å². The van der Waals surface area contributed by atoms with Gasteiger partial charge in [-0.15, -0.1) is 22.9 Å². The van der Waals surface area contributed by atoms with Crippen LogP contribution in [0.15, 0.2) is 35.7 Å². The van der Waals surface area contributed by atoms with Crippen molar-refractivity contribution in [2.45, 2.75) is 32.3 Å². The second kappa shape index (κ2) is 6.65. The molecule has 0 aliphatic rings. The zero-order chi connectivity index (χ0) is 13.8. The second-order valence-electron chi connectivity index (χ2n) is 4.71. The Labute approximate surface area is 128 Å². The van der Waals surface area contributed by atoms with Crippen LogP contribution in [0.3, 0.4) is 0 Å². The van der Waals surface area contributed by atoms with Crippen LogP contribution in [-0.4, -0.2) is 6.04 Å². The standard InChI is InChI=1S/C15H17Cl2NS/c1-11(2)18(10-14-4-3-7-19-14)15-6-5-13(17)8-12(15)9-16/h3-8,11H,9-10H2,1-2H3. The van der Waals surface area contributed by atoms with Gasteiger partial charge >= 0.3 is 0 Å². The first-order valence-corrected chi connectivity index (χ1v) is 8.04. The van der Waals surface area contributed by atoms with E-state index in [9.17, 15) is 0 Å². The van der Waals surface area contributed by atoms with Gasteiger partial charge in [0, 0.05) is 27.5 Å². The Bertz CT molecular complexity index is 523. The van der Waals surface area contributed by atoms with Crippen molar-refractivity contribution in [1.29, 1.82) is 0 Å². The molecule has 1 aromatic heterocycles. The average Bonchev–Trinajstić information content (AvgIpc) is 2.89. The van der Waals surface area contributed by atoms with Crippen LogP contribution < -0.4 is 4.90 Å². The summed E-state index contributed by atoms with van der Waals surface area (Å²) >= 11 is 13.9. The van der Waals surface area contributed by atoms with Crippen LogP contribution in [0.2, 0.25) is 5.02 Å². The molecule has 102 valence electrons. The van der Waals surface area contributed by atoms with Crippen molar-refractivity contribution in [2.24, 2.45) is 0 Å². The Hall–Kier alpha value is -0.700. The fourth-order valence-corrected chi connectivity index (χ4v) is 3.17. The van der Waals surface area contributed by atoms with E-state index in [0.717, 1.165) is 17.1 Å². The van der Waals surface area contributed by atoms with Crippen molar-refractivity contribution in [3.63, 3.8) is 0 Å². The summed E-state index contributed by atoms with van der Waals surface area (Å²) in [6.07, 6.45) is 0. The van der Waals surface area contributed by atoms with Gasteiger partial charge in [-0.3, -0.25) is 0 Å². The molecule has 0 N–H and O–H groups in total. The molecular formula is C15H17Cl2NS. The number of anilines is 1. The van der Waals surface area contributed by atoms with Crippen LogP contribution >= 0.6 is 34.5 Å². The second-order valence-corrected chi connectivity index (χ2v) is 6.44. The minimum absolute atomic E-state index is 0.408. The van der Waals surface area contributed by atoms with E-state index >= 15 is 0 Å². The lowest BCUT2D eigenvalue weighted by Crippen LogP contribution is -2.30. The third-order valence-corrected chi connectivity index (χ3v) is 4.41. The van der Waals surface area contributed by atoms with E-state index in [-0.39, 0.29) is 0 Å². The maximum absolute atomic E-state index is 6.05. The number of rotatable bonds is 5. The van der Waals surface area contributed by atoms with Crippen molar-refractivity contribution >= 4 is 40.2 Å². The molecule has 19 heavy (non-hydrogen) atoms. The molecule has 0 saturated carbocycles. The van der Waals surface area contributed by atoms with Crippen LogP contribution in [0.4, 0.5) is 5.69 Å². The maximum atomic E-state index is 6.05. The van der Waals surface area contributed by atoms with Crippen LogP contribution in [0, 0.1) is 0 Å². The predicted molar refractivity (Wildman–Crippen MR) is 86.6 cm³/mol. The van der Waals surface area contributed by atoms with Crippen molar-refractivity contribution in [1.82, 2.24) is 0 Å². The number of hydrogen-bond donors (Lipinski definition) is 0. The van der Waals surface area contributed by atoms with E-state index in [4.69, 9.17) is 23.2 Å². The monoisotopic (exact) mass is 313 g/mol. The minimum Gasteiger partial charge on any atom is -0.364 e. The van der Waals surface area contributed by atoms with E-state index in [1.54, 1.807) is 11.3 Å². The first-order valence-electron chi connectivity index (χ1n) is 6.25. The highest BCUT2D eigenvalue weighted by Crippen LogP contribution is 2.29. The first kappa shape index (κ1) is 14.7. The third kappa shape index (κ3) is 3.65. The highest BCUT2D eigenvalue weighted by Gasteiger charge is 2.15. The lowest BCUT2D eigenvalue weighted by molar-refractivity contribution is 0.685. The molecule has 0 radical (unpaired) electrons. The van der Waals surface area contributed by atoms with Gasteiger partial charge in [0.1, 0.15) is 0 Å². The summed E-state index contributed by atoms with van der Waals surface area (Å²) in [4.78, 5) is 3.71. The molecule has 4 heteroatoms. The lowest BCUT2D eigenvalue weighted by Gasteiger charge is -2.30. The highest BCUT2D eigenvalue weighted by molar-refractivity contribution is 7.09. The van der Waals surface area contributed by atoms with E-state index in [1.165, 1.54) is 10.6 Å². The number of nitrogens with zero attached hydrogens (tertiary/aromatic N) is 1. The topological polar surface area (TPSA) is 3.24 Å². The summed E-state index contributed by atoms with van der Waals surface area (Å²) < 4.78 is 0. The fraction of sp³-hybridized carbons (Fsp3) is 0.333. The van der Waals surface area contributed by atoms with Gasteiger partial charge in [-0.05, 0) is 49.1 Å². The molecule has 0 spiro atoms. The van der Waals surface area contributed by atoms with Gasteiger partial charge in [-0.1, -0.05) is 17.7 Å². The molecule has 1 heterocycles. The quantitative estimate of drug-likeness (QED) is 0.654. The molecule has 0 fully saturated rings. The molecular weight excluding hydrogens is 297 g/mol. The Morgan fingerprint density at radius 3 is 2.63 bits per heavy atom. The third-order valence-electron chi connectivity index (χ3n) is 3.02. The first-order chi connectivity index (χ1) is 9.11. The summed E-state index contributed by atoms with van der Waals surface area (Å²) in [5.74, 6) is 0.476. The fourth-order valence-electron chi connectivity index (χ4n) is 2.06. The molecule has 2 rings (SSSR count). The Morgan fingerprint density at radius 2 is 2.05 bits per heavy atom. The molecule has 0 aliphatic carbocycles. The molecule has 0 amide bonds. The van der Waals surface area contributed by atoms with Gasteiger partial charge in [0.05, 0.1) is 6.54 Å². The van der Waals surface area contributed by atoms with Crippen LogP contribution in [0.5, 0.6) is 0 Å². The zero-order valence-corrected chi connectivity index (χ0v) is 13.4. The van der Waals surface area contributed by atoms with Gasteiger partial charge in [-0.2, -0.15) is 0 Å².